The van der Waals surface area contributed by atoms with Gasteiger partial charge in [-0.1, -0.05) is 0 Å². The molecular weight excluding hydrogens is 288 g/mol. The normalized spacial score (nSPS) is 16.8. The van der Waals surface area contributed by atoms with E-state index in [1.165, 1.54) is 0 Å². The number of nitrogens with two attached hydrogens (primary N) is 1. The first-order valence-corrected chi connectivity index (χ1v) is 4.27. The predicted molar refractivity (Wildman–Crippen MR) is 39.2 cm³/mol. The van der Waals surface area contributed by atoms with Gasteiger partial charge in [-0.3, -0.25) is 0 Å². The Labute approximate surface area is 93.9 Å². The standard InChI is InChI=1S/C7H7F10N/c8-4(9,10)2-1-3(18)5(11,12)6(13,14)7(15,16)17/h3H,1-2,18H2/t3-/m0/s1. The molecule has 18 heavy (non-hydrogen) atoms. The van der Waals surface area contributed by atoms with E-state index in [1.54, 1.807) is 0 Å². The average molecular weight is 295 g/mol. The van der Waals surface area contributed by atoms with Crippen LogP contribution in [0.3, 0.4) is 0 Å². The number of halogens is 10. The molecule has 0 fully saturated rings. The fourth-order valence-electron chi connectivity index (χ4n) is 0.922. The van der Waals surface area contributed by atoms with Crippen molar-refractivity contribution in [2.75, 3.05) is 0 Å². The molecule has 2 N–H and O–H groups in total. The molecule has 0 unspecified atom stereocenters. The first kappa shape index (κ1) is 17.3. The lowest BCUT2D eigenvalue weighted by Crippen LogP contribution is -2.60. The van der Waals surface area contributed by atoms with E-state index < -0.39 is 43.1 Å². The molecule has 0 saturated carbocycles. The van der Waals surface area contributed by atoms with Crippen molar-refractivity contribution >= 4 is 0 Å². The maximum atomic E-state index is 12.7. The largest absolute Gasteiger partial charge is 0.459 e. The highest BCUT2D eigenvalue weighted by Crippen LogP contribution is 2.48. The van der Waals surface area contributed by atoms with Gasteiger partial charge in [0.05, 0.1) is 6.04 Å². The second-order valence-corrected chi connectivity index (χ2v) is 3.46. The molecule has 1 nitrogen and oxygen atoms in total. The Morgan fingerprint density at radius 2 is 1.17 bits per heavy atom. The monoisotopic (exact) mass is 295 g/mol. The first-order valence-electron chi connectivity index (χ1n) is 4.27. The van der Waals surface area contributed by atoms with Crippen molar-refractivity contribution < 1.29 is 43.9 Å². The van der Waals surface area contributed by atoms with Crippen molar-refractivity contribution in [2.24, 2.45) is 5.73 Å². The highest BCUT2D eigenvalue weighted by molar-refractivity contribution is 4.97. The van der Waals surface area contributed by atoms with Crippen LogP contribution in [0.4, 0.5) is 43.9 Å². The lowest BCUT2D eigenvalue weighted by atomic mass is 9.99. The van der Waals surface area contributed by atoms with Gasteiger partial charge in [0.15, 0.2) is 0 Å². The molecule has 0 aromatic heterocycles. The molecular formula is C7H7F10N. The van der Waals surface area contributed by atoms with Crippen molar-refractivity contribution in [1.29, 1.82) is 0 Å². The maximum absolute atomic E-state index is 12.7. The van der Waals surface area contributed by atoms with Gasteiger partial charge < -0.3 is 5.73 Å². The van der Waals surface area contributed by atoms with Gasteiger partial charge in [0.1, 0.15) is 0 Å². The fraction of sp³-hybridized carbons (Fsp3) is 1.00. The van der Waals surface area contributed by atoms with Crippen LogP contribution in [0.2, 0.25) is 0 Å². The molecule has 0 rings (SSSR count). The molecule has 0 bridgehead atoms. The molecule has 0 radical (unpaired) electrons. The molecule has 0 spiro atoms. The molecule has 11 heteroatoms. The van der Waals surface area contributed by atoms with Crippen LogP contribution in [0.5, 0.6) is 0 Å². The SMILES string of the molecule is N[C@@H](CCC(F)(F)F)C(F)(F)C(F)(F)C(F)(F)F. The van der Waals surface area contributed by atoms with Crippen molar-refractivity contribution in [3.8, 4) is 0 Å². The zero-order valence-electron chi connectivity index (χ0n) is 8.35. The van der Waals surface area contributed by atoms with E-state index in [2.05, 4.69) is 5.73 Å². The molecule has 0 aliphatic carbocycles. The highest BCUT2D eigenvalue weighted by Gasteiger charge is 2.74. The van der Waals surface area contributed by atoms with Crippen LogP contribution in [0.15, 0.2) is 0 Å². The Bertz CT molecular complexity index is 277. The molecule has 0 saturated heterocycles. The summed E-state index contributed by atoms with van der Waals surface area (Å²) in [5, 5.41) is 0. The summed E-state index contributed by atoms with van der Waals surface area (Å²) in [6.45, 7) is 0. The molecule has 0 aliphatic heterocycles. The van der Waals surface area contributed by atoms with Gasteiger partial charge in [0, 0.05) is 6.42 Å². The summed E-state index contributed by atoms with van der Waals surface area (Å²) in [5.74, 6) is -12.3. The van der Waals surface area contributed by atoms with E-state index in [0.717, 1.165) is 0 Å². The molecule has 1 atom stereocenters. The van der Waals surface area contributed by atoms with Crippen LogP contribution in [-0.4, -0.2) is 30.2 Å². The van der Waals surface area contributed by atoms with E-state index in [-0.39, 0.29) is 0 Å². The minimum absolute atomic E-state index is 1.75. The summed E-state index contributed by atoms with van der Waals surface area (Å²) < 4.78 is 120. The van der Waals surface area contributed by atoms with Crippen LogP contribution in [-0.2, 0) is 0 Å². The Morgan fingerprint density at radius 1 is 0.778 bits per heavy atom. The van der Waals surface area contributed by atoms with E-state index in [9.17, 15) is 43.9 Å². The van der Waals surface area contributed by atoms with E-state index in [1.807, 2.05) is 0 Å². The Balaban J connectivity index is 4.93. The summed E-state index contributed by atoms with van der Waals surface area (Å²) in [7, 11) is 0. The molecule has 0 aromatic rings. The third-order valence-electron chi connectivity index (χ3n) is 1.98. The minimum Gasteiger partial charge on any atom is -0.322 e. The Morgan fingerprint density at radius 3 is 1.44 bits per heavy atom. The lowest BCUT2D eigenvalue weighted by molar-refractivity contribution is -0.359. The maximum Gasteiger partial charge on any atom is 0.459 e. The number of hydrogen-bond donors (Lipinski definition) is 1. The van der Waals surface area contributed by atoms with Crippen molar-refractivity contribution in [3.05, 3.63) is 0 Å². The molecule has 110 valence electrons. The van der Waals surface area contributed by atoms with Crippen molar-refractivity contribution in [3.63, 3.8) is 0 Å². The predicted octanol–water partition coefficient (Wildman–Crippen LogP) is 3.49. The van der Waals surface area contributed by atoms with Gasteiger partial charge >= 0.3 is 24.2 Å². The lowest BCUT2D eigenvalue weighted by Gasteiger charge is -2.32. The average Bonchev–Trinajstić information content (AvgIpc) is 2.10. The van der Waals surface area contributed by atoms with Crippen molar-refractivity contribution in [1.82, 2.24) is 0 Å². The van der Waals surface area contributed by atoms with Gasteiger partial charge in [-0.05, 0) is 6.42 Å². The van der Waals surface area contributed by atoms with Gasteiger partial charge in [-0.25, -0.2) is 0 Å². The van der Waals surface area contributed by atoms with Gasteiger partial charge in [0.2, 0.25) is 0 Å². The second-order valence-electron chi connectivity index (χ2n) is 3.46. The van der Waals surface area contributed by atoms with Crippen LogP contribution in [0.1, 0.15) is 12.8 Å². The minimum atomic E-state index is -6.60. The third kappa shape index (κ3) is 3.62. The van der Waals surface area contributed by atoms with E-state index in [4.69, 9.17) is 0 Å². The Kier molecular flexibility index (Phi) is 4.55. The first-order chi connectivity index (χ1) is 7.63. The molecule has 0 aliphatic rings. The number of rotatable bonds is 4. The summed E-state index contributed by atoms with van der Waals surface area (Å²) >= 11 is 0. The third-order valence-corrected chi connectivity index (χ3v) is 1.98. The zero-order valence-corrected chi connectivity index (χ0v) is 8.35. The van der Waals surface area contributed by atoms with Crippen LogP contribution in [0, 0.1) is 0 Å². The van der Waals surface area contributed by atoms with Gasteiger partial charge in [-0.15, -0.1) is 0 Å². The highest BCUT2D eigenvalue weighted by atomic mass is 19.4. The van der Waals surface area contributed by atoms with Crippen LogP contribution in [0.25, 0.3) is 0 Å². The number of hydrogen-bond acceptors (Lipinski definition) is 1. The molecule has 0 amide bonds. The fourth-order valence-corrected chi connectivity index (χ4v) is 0.922. The second kappa shape index (κ2) is 4.74. The molecule has 0 heterocycles. The quantitative estimate of drug-likeness (QED) is 0.789. The summed E-state index contributed by atoms with van der Waals surface area (Å²) in [6, 6.07) is -3.27. The molecule has 0 aromatic carbocycles. The van der Waals surface area contributed by atoms with Gasteiger partial charge in [-0.2, -0.15) is 43.9 Å². The Hall–Kier alpha value is -0.740. The summed E-state index contributed by atoms with van der Waals surface area (Å²) in [6.07, 6.45) is -15.3. The van der Waals surface area contributed by atoms with E-state index in [0.29, 0.717) is 0 Å². The van der Waals surface area contributed by atoms with Crippen LogP contribution >= 0.6 is 0 Å². The number of alkyl halides is 10. The topological polar surface area (TPSA) is 26.0 Å². The van der Waals surface area contributed by atoms with Crippen molar-refractivity contribution in [2.45, 2.75) is 43.1 Å². The van der Waals surface area contributed by atoms with Crippen LogP contribution < -0.4 is 5.73 Å². The zero-order chi connectivity index (χ0) is 15.0. The summed E-state index contributed by atoms with van der Waals surface area (Å²) in [4.78, 5) is 0. The smallest absolute Gasteiger partial charge is 0.322 e. The summed E-state index contributed by atoms with van der Waals surface area (Å²) in [5.41, 5.74) is 4.31. The van der Waals surface area contributed by atoms with Gasteiger partial charge in [0.25, 0.3) is 0 Å². The van der Waals surface area contributed by atoms with E-state index >= 15 is 0 Å².